The zero-order chi connectivity index (χ0) is 20.3. The Balaban J connectivity index is 1.35. The second kappa shape index (κ2) is 6.74. The second-order valence-electron chi connectivity index (χ2n) is 12.5. The summed E-state index contributed by atoms with van der Waals surface area (Å²) in [5.41, 5.74) is 0.524. The lowest BCUT2D eigenvalue weighted by atomic mass is 9.72. The molecule has 2 aliphatic carbocycles. The molecule has 5 unspecified atom stereocenters. The first kappa shape index (κ1) is 20.2. The molecular weight excluding hydrogens is 348 g/mol. The molecule has 0 aromatic heterocycles. The molecule has 0 aromatic carbocycles. The van der Waals surface area contributed by atoms with E-state index in [4.69, 9.17) is 0 Å². The second-order valence-corrected chi connectivity index (χ2v) is 12.5. The Hall–Kier alpha value is -1.06. The SMILES string of the molecule is CC(C)(C)CC1C(=O)NC2C(CC(C)(C)CC3CCC4(CC4)NC3=O)CCC12. The van der Waals surface area contributed by atoms with Gasteiger partial charge in [0, 0.05) is 23.4 Å². The summed E-state index contributed by atoms with van der Waals surface area (Å²) in [6.45, 7) is 11.4. The Morgan fingerprint density at radius 1 is 0.893 bits per heavy atom. The highest BCUT2D eigenvalue weighted by Gasteiger charge is 2.52. The summed E-state index contributed by atoms with van der Waals surface area (Å²) in [4.78, 5) is 25.2. The van der Waals surface area contributed by atoms with E-state index in [1.165, 1.54) is 25.7 Å². The molecule has 4 heteroatoms. The van der Waals surface area contributed by atoms with Crippen LogP contribution in [-0.4, -0.2) is 23.4 Å². The summed E-state index contributed by atoms with van der Waals surface area (Å²) in [6, 6.07) is 0.356. The van der Waals surface area contributed by atoms with Crippen molar-refractivity contribution >= 4 is 11.8 Å². The Morgan fingerprint density at radius 2 is 1.61 bits per heavy atom. The quantitative estimate of drug-likeness (QED) is 0.732. The van der Waals surface area contributed by atoms with E-state index in [1.54, 1.807) is 0 Å². The average Bonchev–Trinajstić information content (AvgIpc) is 3.10. The number of carbonyl (C=O) groups is 2. The van der Waals surface area contributed by atoms with E-state index in [0.717, 1.165) is 32.1 Å². The highest BCUT2D eigenvalue weighted by molar-refractivity contribution is 5.82. The van der Waals surface area contributed by atoms with Crippen molar-refractivity contribution in [1.82, 2.24) is 10.6 Å². The van der Waals surface area contributed by atoms with Crippen LogP contribution >= 0.6 is 0 Å². The van der Waals surface area contributed by atoms with Crippen molar-refractivity contribution < 1.29 is 9.59 Å². The molecule has 0 bridgehead atoms. The molecule has 4 fully saturated rings. The van der Waals surface area contributed by atoms with Gasteiger partial charge in [0.15, 0.2) is 0 Å². The van der Waals surface area contributed by atoms with Crippen LogP contribution in [0.3, 0.4) is 0 Å². The third-order valence-electron chi connectivity index (χ3n) is 8.03. The third kappa shape index (κ3) is 4.11. The van der Waals surface area contributed by atoms with E-state index in [2.05, 4.69) is 45.3 Å². The minimum absolute atomic E-state index is 0.141. The first-order valence-corrected chi connectivity index (χ1v) is 11.6. The normalized spacial score (nSPS) is 37.0. The largest absolute Gasteiger partial charge is 0.353 e. The van der Waals surface area contributed by atoms with Crippen molar-refractivity contribution in [3.8, 4) is 0 Å². The molecule has 2 saturated carbocycles. The van der Waals surface area contributed by atoms with E-state index in [0.29, 0.717) is 23.8 Å². The van der Waals surface area contributed by atoms with Crippen LogP contribution in [0.15, 0.2) is 0 Å². The predicted octanol–water partition coefficient (Wildman–Crippen LogP) is 4.43. The van der Waals surface area contributed by atoms with Crippen LogP contribution in [0.2, 0.25) is 0 Å². The van der Waals surface area contributed by atoms with Gasteiger partial charge in [-0.15, -0.1) is 0 Å². The van der Waals surface area contributed by atoms with Gasteiger partial charge in [-0.25, -0.2) is 0 Å². The topological polar surface area (TPSA) is 58.2 Å². The summed E-state index contributed by atoms with van der Waals surface area (Å²) in [7, 11) is 0. The van der Waals surface area contributed by atoms with Crippen molar-refractivity contribution in [2.75, 3.05) is 0 Å². The Bertz CT molecular complexity index is 643. The standard InChI is InChI=1S/C24H40N2O2/c1-22(2,3)14-18-17-7-6-15(19(17)25-21(18)28)12-23(4,5)13-16-8-9-24(10-11-24)26-20(16)27/h15-19H,6-14H2,1-5H3,(H,25,28)(H,26,27). The van der Waals surface area contributed by atoms with Crippen LogP contribution in [0.25, 0.3) is 0 Å². The van der Waals surface area contributed by atoms with Crippen LogP contribution in [0.1, 0.15) is 92.4 Å². The molecule has 1 spiro atoms. The van der Waals surface area contributed by atoms with Gasteiger partial charge >= 0.3 is 0 Å². The third-order valence-corrected chi connectivity index (χ3v) is 8.03. The van der Waals surface area contributed by atoms with E-state index in [1.807, 2.05) is 0 Å². The number of hydrogen-bond acceptors (Lipinski definition) is 2. The number of fused-ring (bicyclic) bond motifs is 1. The maximum Gasteiger partial charge on any atom is 0.223 e. The first-order valence-electron chi connectivity index (χ1n) is 11.6. The van der Waals surface area contributed by atoms with E-state index in [-0.39, 0.29) is 34.1 Å². The number of piperidine rings is 1. The van der Waals surface area contributed by atoms with E-state index >= 15 is 0 Å². The lowest BCUT2D eigenvalue weighted by molar-refractivity contribution is -0.129. The summed E-state index contributed by atoms with van der Waals surface area (Å²) in [5.74, 6) is 2.02. The molecule has 2 aliphatic heterocycles. The molecule has 2 N–H and O–H groups in total. The Kier molecular flexibility index (Phi) is 4.87. The van der Waals surface area contributed by atoms with Gasteiger partial charge in [0.2, 0.25) is 11.8 Å². The van der Waals surface area contributed by atoms with Gasteiger partial charge in [0.1, 0.15) is 0 Å². The molecule has 4 rings (SSSR count). The average molecular weight is 389 g/mol. The van der Waals surface area contributed by atoms with Gasteiger partial charge in [-0.3, -0.25) is 9.59 Å². The van der Waals surface area contributed by atoms with Gasteiger partial charge in [-0.1, -0.05) is 34.6 Å². The molecule has 2 saturated heterocycles. The molecule has 4 nitrogen and oxygen atoms in total. The number of rotatable bonds is 5. The van der Waals surface area contributed by atoms with Crippen molar-refractivity contribution in [1.29, 1.82) is 0 Å². The number of hydrogen-bond donors (Lipinski definition) is 2. The minimum atomic E-state index is 0.141. The molecule has 28 heavy (non-hydrogen) atoms. The molecule has 0 radical (unpaired) electrons. The lowest BCUT2D eigenvalue weighted by Crippen LogP contribution is -2.47. The molecule has 0 aromatic rings. The van der Waals surface area contributed by atoms with Gasteiger partial charge in [-0.05, 0) is 80.5 Å². The predicted molar refractivity (Wildman–Crippen MR) is 112 cm³/mol. The summed E-state index contributed by atoms with van der Waals surface area (Å²) in [5, 5.41) is 6.68. The molecule has 2 amide bonds. The fourth-order valence-corrected chi connectivity index (χ4v) is 6.58. The summed E-state index contributed by atoms with van der Waals surface area (Å²) >= 11 is 0. The highest BCUT2D eigenvalue weighted by Crippen LogP contribution is 2.50. The van der Waals surface area contributed by atoms with Crippen LogP contribution in [0.4, 0.5) is 0 Å². The summed E-state index contributed by atoms with van der Waals surface area (Å²) < 4.78 is 0. The van der Waals surface area contributed by atoms with Gasteiger partial charge in [0.25, 0.3) is 0 Å². The van der Waals surface area contributed by atoms with Crippen LogP contribution in [0.5, 0.6) is 0 Å². The van der Waals surface area contributed by atoms with Gasteiger partial charge in [-0.2, -0.15) is 0 Å². The Labute approximate surface area is 171 Å². The maximum absolute atomic E-state index is 12.6. The van der Waals surface area contributed by atoms with Crippen LogP contribution in [0, 0.1) is 34.5 Å². The number of carbonyl (C=O) groups excluding carboxylic acids is 2. The fourth-order valence-electron chi connectivity index (χ4n) is 6.58. The van der Waals surface area contributed by atoms with Crippen molar-refractivity contribution in [3.63, 3.8) is 0 Å². The maximum atomic E-state index is 12.6. The summed E-state index contributed by atoms with van der Waals surface area (Å²) in [6.07, 6.45) is 10.0. The lowest BCUT2D eigenvalue weighted by Gasteiger charge is -2.36. The van der Waals surface area contributed by atoms with Gasteiger partial charge in [0.05, 0.1) is 0 Å². The monoisotopic (exact) mass is 388 g/mol. The van der Waals surface area contributed by atoms with E-state index < -0.39 is 0 Å². The van der Waals surface area contributed by atoms with Crippen molar-refractivity contribution in [3.05, 3.63) is 0 Å². The molecule has 2 heterocycles. The van der Waals surface area contributed by atoms with E-state index in [9.17, 15) is 9.59 Å². The number of nitrogens with one attached hydrogen (secondary N) is 2. The molecular formula is C24H40N2O2. The zero-order valence-electron chi connectivity index (χ0n) is 18.6. The van der Waals surface area contributed by atoms with Crippen LogP contribution in [-0.2, 0) is 9.59 Å². The smallest absolute Gasteiger partial charge is 0.223 e. The highest BCUT2D eigenvalue weighted by atomic mass is 16.2. The first-order chi connectivity index (χ1) is 13.0. The van der Waals surface area contributed by atoms with Crippen molar-refractivity contribution in [2.24, 2.45) is 34.5 Å². The molecule has 158 valence electrons. The van der Waals surface area contributed by atoms with Crippen molar-refractivity contribution in [2.45, 2.75) is 104 Å². The fraction of sp³-hybridized carbons (Fsp3) is 0.917. The number of amides is 2. The molecule has 4 aliphatic rings. The van der Waals surface area contributed by atoms with Crippen LogP contribution < -0.4 is 10.6 Å². The zero-order valence-corrected chi connectivity index (χ0v) is 18.6. The molecule has 5 atom stereocenters. The van der Waals surface area contributed by atoms with Gasteiger partial charge < -0.3 is 10.6 Å². The minimum Gasteiger partial charge on any atom is -0.353 e. The Morgan fingerprint density at radius 3 is 2.21 bits per heavy atom.